The summed E-state index contributed by atoms with van der Waals surface area (Å²) in [6, 6.07) is 12.3. The number of furan rings is 1. The lowest BCUT2D eigenvalue weighted by molar-refractivity contribution is -0.107. The van der Waals surface area contributed by atoms with Gasteiger partial charge in [0, 0.05) is 55.5 Å². The maximum Gasteiger partial charge on any atom is 0.255 e. The Hall–Kier alpha value is -5.18. The summed E-state index contributed by atoms with van der Waals surface area (Å²) in [5.74, 6) is 0.318. The summed E-state index contributed by atoms with van der Waals surface area (Å²) in [5, 5.41) is 14.1. The molecule has 5 aliphatic rings. The van der Waals surface area contributed by atoms with Crippen molar-refractivity contribution < 1.29 is 31.5 Å². The second kappa shape index (κ2) is 11.9. The average molecular weight is 753 g/mol. The van der Waals surface area contributed by atoms with E-state index >= 15 is 4.39 Å². The monoisotopic (exact) mass is 752 g/mol. The van der Waals surface area contributed by atoms with Crippen molar-refractivity contribution in [1.29, 1.82) is 0 Å². The number of nitrogens with zero attached hydrogens (tertiary/aromatic N) is 5. The lowest BCUT2D eigenvalue weighted by atomic mass is 9.80. The first-order valence-electron chi connectivity index (χ1n) is 17.8. The highest BCUT2D eigenvalue weighted by Gasteiger charge is 2.53. The number of hydrogen-bond acceptors (Lipinski definition) is 9. The molecule has 14 heteroatoms. The zero-order valence-electron chi connectivity index (χ0n) is 30.1. The van der Waals surface area contributed by atoms with Gasteiger partial charge in [0.15, 0.2) is 0 Å². The third kappa shape index (κ3) is 5.33. The van der Waals surface area contributed by atoms with Crippen LogP contribution in [-0.2, 0) is 10.0 Å². The van der Waals surface area contributed by atoms with Crippen molar-refractivity contribution in [3.63, 3.8) is 0 Å². The number of pyridine rings is 1. The van der Waals surface area contributed by atoms with Gasteiger partial charge in [0.05, 0.1) is 52.1 Å². The predicted octanol–water partition coefficient (Wildman–Crippen LogP) is 6.01. The Balaban J connectivity index is 1.21. The summed E-state index contributed by atoms with van der Waals surface area (Å²) in [6.45, 7) is 3.38. The fourth-order valence-corrected chi connectivity index (χ4v) is 8.70. The van der Waals surface area contributed by atoms with Crippen LogP contribution in [0.2, 0.25) is 0 Å². The van der Waals surface area contributed by atoms with Crippen LogP contribution in [0.4, 0.5) is 20.2 Å². The molecule has 278 valence electrons. The SMILES string of the molecule is CNC(=O)c1c(-c2ccc(F)cc2)oc2cc(N(C)S(C)(=O)=O)c(-c3ccc4c(n3)C3=CC5(C)C(=CC=CC5F)N3C(CN3CC(O)(C5CC5)C3)=N4)cc12. The topological polar surface area (TPSA) is 132 Å². The zero-order valence-corrected chi connectivity index (χ0v) is 30.9. The molecule has 2 aliphatic carbocycles. The van der Waals surface area contributed by atoms with Gasteiger partial charge in [0.25, 0.3) is 5.91 Å². The number of sulfonamides is 1. The minimum absolute atomic E-state index is 0.191. The van der Waals surface area contributed by atoms with Crippen molar-refractivity contribution >= 4 is 49.8 Å². The highest BCUT2D eigenvalue weighted by molar-refractivity contribution is 7.92. The first kappa shape index (κ1) is 34.6. The number of halogens is 2. The largest absolute Gasteiger partial charge is 0.455 e. The molecular weight excluding hydrogens is 715 g/mol. The van der Waals surface area contributed by atoms with Crippen molar-refractivity contribution in [1.82, 2.24) is 20.1 Å². The van der Waals surface area contributed by atoms with E-state index in [4.69, 9.17) is 14.4 Å². The van der Waals surface area contributed by atoms with Gasteiger partial charge < -0.3 is 14.8 Å². The number of β-amino-alcohol motifs (C(OH)–C–C–N with tert-alkyl or cyclic N) is 1. The van der Waals surface area contributed by atoms with Gasteiger partial charge in [-0.3, -0.25) is 18.9 Å². The fraction of sp³-hybridized carbons (Fsp3) is 0.325. The third-order valence-corrected chi connectivity index (χ3v) is 12.6. The Morgan fingerprint density at radius 2 is 1.89 bits per heavy atom. The van der Waals surface area contributed by atoms with Crippen molar-refractivity contribution in [2.45, 2.75) is 31.5 Å². The number of nitrogens with one attached hydrogen (secondary N) is 1. The molecule has 3 aliphatic heterocycles. The minimum Gasteiger partial charge on any atom is -0.455 e. The van der Waals surface area contributed by atoms with E-state index < -0.39 is 38.9 Å². The molecule has 0 spiro atoms. The molecule has 11 nitrogen and oxygen atoms in total. The van der Waals surface area contributed by atoms with E-state index in [0.717, 1.165) is 29.1 Å². The summed E-state index contributed by atoms with van der Waals surface area (Å²) in [4.78, 5) is 27.7. The van der Waals surface area contributed by atoms with Crippen LogP contribution in [0.15, 0.2) is 87.9 Å². The molecular formula is C40H38F2N6O5S. The summed E-state index contributed by atoms with van der Waals surface area (Å²) < 4.78 is 63.1. The quantitative estimate of drug-likeness (QED) is 0.224. The highest BCUT2D eigenvalue weighted by Crippen LogP contribution is 2.53. The van der Waals surface area contributed by atoms with Crippen molar-refractivity contribution in [2.24, 2.45) is 16.3 Å². The number of carbonyl (C=O) groups is 1. The number of aromatic nitrogens is 1. The Kier molecular flexibility index (Phi) is 7.63. The molecule has 5 heterocycles. The van der Waals surface area contributed by atoms with Gasteiger partial charge in [-0.2, -0.15) is 0 Å². The number of amidine groups is 1. The smallest absolute Gasteiger partial charge is 0.255 e. The Morgan fingerprint density at radius 3 is 2.57 bits per heavy atom. The van der Waals surface area contributed by atoms with Crippen LogP contribution in [0.5, 0.6) is 0 Å². The number of fused-ring (bicyclic) bond motifs is 6. The summed E-state index contributed by atoms with van der Waals surface area (Å²) in [7, 11) is -0.887. The van der Waals surface area contributed by atoms with E-state index in [2.05, 4.69) is 10.2 Å². The van der Waals surface area contributed by atoms with E-state index in [0.29, 0.717) is 70.7 Å². The van der Waals surface area contributed by atoms with Gasteiger partial charge >= 0.3 is 0 Å². The number of hydrogen-bond donors (Lipinski definition) is 2. The fourth-order valence-electron chi connectivity index (χ4n) is 8.19. The van der Waals surface area contributed by atoms with Crippen LogP contribution < -0.4 is 9.62 Å². The van der Waals surface area contributed by atoms with E-state index in [9.17, 15) is 22.7 Å². The number of rotatable bonds is 8. The van der Waals surface area contributed by atoms with E-state index in [1.54, 1.807) is 24.3 Å². The highest BCUT2D eigenvalue weighted by atomic mass is 32.2. The number of allylic oxidation sites excluding steroid dienone is 4. The Morgan fingerprint density at radius 1 is 1.15 bits per heavy atom. The number of benzene rings is 2. The maximum atomic E-state index is 15.8. The molecule has 2 aromatic carbocycles. The lowest BCUT2D eigenvalue weighted by Crippen LogP contribution is -2.64. The van der Waals surface area contributed by atoms with Crippen LogP contribution in [-0.4, -0.2) is 91.8 Å². The van der Waals surface area contributed by atoms with Gasteiger partial charge in [-0.25, -0.2) is 27.2 Å². The van der Waals surface area contributed by atoms with E-state index in [1.807, 2.05) is 30.0 Å². The number of aliphatic hydroxyl groups is 1. The summed E-state index contributed by atoms with van der Waals surface area (Å²) in [5.41, 5.74) is 2.66. The summed E-state index contributed by atoms with van der Waals surface area (Å²) in [6.07, 6.45) is 8.89. The molecule has 1 amide bonds. The molecule has 4 aromatic rings. The molecule has 2 N–H and O–H groups in total. The molecule has 9 rings (SSSR count). The number of likely N-dealkylation sites (tertiary alicyclic amines) is 1. The lowest BCUT2D eigenvalue weighted by Gasteiger charge is -2.48. The minimum atomic E-state index is -3.80. The third-order valence-electron chi connectivity index (χ3n) is 11.4. The molecule has 54 heavy (non-hydrogen) atoms. The van der Waals surface area contributed by atoms with Gasteiger partial charge in [0.1, 0.15) is 34.9 Å². The average Bonchev–Trinajstić information content (AvgIpc) is 3.85. The molecule has 2 unspecified atom stereocenters. The molecule has 0 bridgehead atoms. The van der Waals surface area contributed by atoms with Gasteiger partial charge in [-0.15, -0.1) is 0 Å². The Bertz CT molecular complexity index is 2520. The number of carbonyl (C=O) groups excluding carboxylic acids is 1. The van der Waals surface area contributed by atoms with Crippen LogP contribution in [0, 0.1) is 17.2 Å². The first-order valence-corrected chi connectivity index (χ1v) is 19.7. The van der Waals surface area contributed by atoms with Gasteiger partial charge in [0.2, 0.25) is 10.0 Å². The predicted molar refractivity (Wildman–Crippen MR) is 203 cm³/mol. The second-order valence-corrected chi connectivity index (χ2v) is 17.1. The molecule has 2 fully saturated rings. The number of alkyl halides is 1. The zero-order chi connectivity index (χ0) is 37.9. The van der Waals surface area contributed by atoms with Crippen molar-refractivity contribution in [3.05, 3.63) is 95.6 Å². The van der Waals surface area contributed by atoms with E-state index in [1.165, 1.54) is 44.4 Å². The van der Waals surface area contributed by atoms with Gasteiger partial charge in [-0.1, -0.05) is 6.08 Å². The maximum absolute atomic E-state index is 15.8. The van der Waals surface area contributed by atoms with Crippen LogP contribution in [0.25, 0.3) is 39.2 Å². The standard InChI is InChI=1S/C40H38F2N6O5S/c1-39-18-30-36-28(44-34(48(30)33(39)7-5-6-32(39)42)19-47-20-40(50,21-47)23-10-11-23)15-14-27(45-36)25-16-26-31(17-29(25)46(3)54(4,51)52)53-37(35(26)38(49)43-2)22-8-12-24(41)13-9-22/h5-9,12-18,23,32,50H,10-11,19-21H2,1-4H3,(H,43,49). The molecule has 2 atom stereocenters. The number of amides is 1. The molecule has 1 saturated heterocycles. The summed E-state index contributed by atoms with van der Waals surface area (Å²) >= 11 is 0. The van der Waals surface area contributed by atoms with Crippen molar-refractivity contribution in [3.8, 4) is 22.6 Å². The molecule has 1 saturated carbocycles. The first-order chi connectivity index (χ1) is 25.7. The molecule has 0 radical (unpaired) electrons. The second-order valence-electron chi connectivity index (χ2n) is 15.1. The van der Waals surface area contributed by atoms with Crippen LogP contribution in [0.3, 0.4) is 0 Å². The number of anilines is 1. The normalized spacial score (nSPS) is 22.8. The Labute approximate surface area is 311 Å². The molecule has 2 aromatic heterocycles. The van der Waals surface area contributed by atoms with Crippen molar-refractivity contribution in [2.75, 3.05) is 44.3 Å². The van der Waals surface area contributed by atoms with Gasteiger partial charge in [-0.05, 0) is 86.4 Å². The van der Waals surface area contributed by atoms with E-state index in [-0.39, 0.29) is 22.6 Å². The van der Waals surface area contributed by atoms with Crippen LogP contribution in [0.1, 0.15) is 35.8 Å². The van der Waals surface area contributed by atoms with Crippen LogP contribution >= 0.6 is 0 Å². The number of aliphatic imine (C=N–C) groups is 1.